The van der Waals surface area contributed by atoms with Gasteiger partial charge < -0.3 is 10.9 Å². The number of amidine groups is 1. The summed E-state index contributed by atoms with van der Waals surface area (Å²) in [6.45, 7) is 0. The number of hydrogen-bond acceptors (Lipinski definition) is 4. The number of nitrogens with zero attached hydrogens (tertiary/aromatic N) is 3. The van der Waals surface area contributed by atoms with Crippen molar-refractivity contribution in [2.75, 3.05) is 6.26 Å². The summed E-state index contributed by atoms with van der Waals surface area (Å²) in [5.74, 6) is -0.272. The predicted molar refractivity (Wildman–Crippen MR) is 124 cm³/mol. The normalized spacial score (nSPS) is 12.2. The number of rotatable bonds is 5. The van der Waals surface area contributed by atoms with Gasteiger partial charge in [0, 0.05) is 22.3 Å². The molecule has 33 heavy (non-hydrogen) atoms. The third-order valence-electron chi connectivity index (χ3n) is 5.10. The van der Waals surface area contributed by atoms with Crippen molar-refractivity contribution in [3.63, 3.8) is 0 Å². The summed E-state index contributed by atoms with van der Waals surface area (Å²) in [5, 5.41) is 12.0. The summed E-state index contributed by atoms with van der Waals surface area (Å²) in [5.41, 5.74) is 7.37. The van der Waals surface area contributed by atoms with Crippen LogP contribution in [0.15, 0.2) is 89.0 Å². The van der Waals surface area contributed by atoms with Crippen LogP contribution in [0, 0.1) is 0 Å². The van der Waals surface area contributed by atoms with Crippen LogP contribution in [-0.4, -0.2) is 26.8 Å². The van der Waals surface area contributed by atoms with Crippen LogP contribution in [0.3, 0.4) is 0 Å². The Kier molecular flexibility index (Phi) is 6.15. The number of aromatic nitrogens is 2. The van der Waals surface area contributed by atoms with Crippen molar-refractivity contribution in [3.05, 3.63) is 90.3 Å². The lowest BCUT2D eigenvalue weighted by Gasteiger charge is -2.14. The first-order chi connectivity index (χ1) is 15.8. The largest absolute Gasteiger partial charge is 0.417 e. The van der Waals surface area contributed by atoms with E-state index in [9.17, 15) is 13.2 Å². The lowest BCUT2D eigenvalue weighted by Crippen LogP contribution is -2.13. The third-order valence-corrected chi connectivity index (χ3v) is 5.82. The molecule has 0 atom stereocenters. The highest BCUT2D eigenvalue weighted by molar-refractivity contribution is 7.98. The zero-order valence-electron chi connectivity index (χ0n) is 17.4. The highest BCUT2D eigenvalue weighted by Crippen LogP contribution is 2.37. The Morgan fingerprint density at radius 1 is 1.00 bits per heavy atom. The van der Waals surface area contributed by atoms with Crippen molar-refractivity contribution in [2.24, 2.45) is 10.9 Å². The van der Waals surface area contributed by atoms with E-state index in [0.29, 0.717) is 5.69 Å². The van der Waals surface area contributed by atoms with Gasteiger partial charge in [-0.2, -0.15) is 13.2 Å². The number of imidazole rings is 1. The summed E-state index contributed by atoms with van der Waals surface area (Å²) in [4.78, 5) is 5.38. The van der Waals surface area contributed by atoms with E-state index in [1.54, 1.807) is 23.9 Å². The minimum absolute atomic E-state index is 0.0293. The van der Waals surface area contributed by atoms with Crippen molar-refractivity contribution in [1.29, 1.82) is 0 Å². The van der Waals surface area contributed by atoms with Gasteiger partial charge in [0.05, 0.1) is 5.56 Å². The number of benzene rings is 3. The van der Waals surface area contributed by atoms with E-state index in [-0.39, 0.29) is 22.9 Å². The Hall–Kier alpha value is -3.72. The first kappa shape index (κ1) is 22.5. The van der Waals surface area contributed by atoms with Crippen molar-refractivity contribution in [3.8, 4) is 28.2 Å². The number of alkyl halides is 3. The van der Waals surface area contributed by atoms with Gasteiger partial charge >= 0.3 is 6.18 Å². The molecule has 0 radical (unpaired) electrons. The van der Waals surface area contributed by atoms with E-state index < -0.39 is 11.7 Å². The summed E-state index contributed by atoms with van der Waals surface area (Å²) < 4.78 is 42.5. The molecule has 4 rings (SSSR count). The average Bonchev–Trinajstić information content (AvgIpc) is 3.28. The summed E-state index contributed by atoms with van der Waals surface area (Å²) in [7, 11) is 0. The van der Waals surface area contributed by atoms with Crippen LogP contribution in [0.4, 0.5) is 13.2 Å². The first-order valence-corrected chi connectivity index (χ1v) is 11.0. The molecule has 0 spiro atoms. The predicted octanol–water partition coefficient (Wildman–Crippen LogP) is 6.04. The molecule has 5 nitrogen and oxygen atoms in total. The maximum absolute atomic E-state index is 13.7. The van der Waals surface area contributed by atoms with Gasteiger partial charge in [-0.25, -0.2) is 4.98 Å². The molecule has 3 N–H and O–H groups in total. The van der Waals surface area contributed by atoms with Gasteiger partial charge in [0.2, 0.25) is 0 Å². The Labute approximate surface area is 192 Å². The van der Waals surface area contributed by atoms with Gasteiger partial charge in [0.1, 0.15) is 11.5 Å². The van der Waals surface area contributed by atoms with Gasteiger partial charge in [-0.3, -0.25) is 4.57 Å². The highest BCUT2D eigenvalue weighted by Gasteiger charge is 2.34. The number of hydrogen-bond donors (Lipinski definition) is 2. The molecule has 0 aliphatic carbocycles. The molecule has 1 heterocycles. The fourth-order valence-electron chi connectivity index (χ4n) is 3.48. The van der Waals surface area contributed by atoms with Gasteiger partial charge in [-0.05, 0) is 47.7 Å². The maximum atomic E-state index is 13.7. The minimum atomic E-state index is -4.57. The summed E-state index contributed by atoms with van der Waals surface area (Å²) >= 11 is 1.64. The Morgan fingerprint density at radius 3 is 2.39 bits per heavy atom. The van der Waals surface area contributed by atoms with Gasteiger partial charge in [-0.15, -0.1) is 11.8 Å². The monoisotopic (exact) mass is 468 g/mol. The Bertz CT molecular complexity index is 1310. The van der Waals surface area contributed by atoms with E-state index >= 15 is 0 Å². The lowest BCUT2D eigenvalue weighted by molar-refractivity contribution is -0.137. The molecular formula is C24H19F3N4OS. The molecule has 4 aromatic rings. The van der Waals surface area contributed by atoms with Crippen molar-refractivity contribution in [1.82, 2.24) is 9.55 Å². The summed E-state index contributed by atoms with van der Waals surface area (Å²) in [6, 6.07) is 20.6. The molecule has 0 bridgehead atoms. The zero-order valence-corrected chi connectivity index (χ0v) is 18.2. The van der Waals surface area contributed by atoms with Crippen LogP contribution < -0.4 is 5.73 Å². The van der Waals surface area contributed by atoms with Gasteiger partial charge in [0.25, 0.3) is 0 Å². The molecule has 0 amide bonds. The smallest absolute Gasteiger partial charge is 0.409 e. The molecule has 1 aromatic heterocycles. The van der Waals surface area contributed by atoms with E-state index in [2.05, 4.69) is 16.2 Å². The minimum Gasteiger partial charge on any atom is -0.409 e. The second-order valence-corrected chi connectivity index (χ2v) is 8.01. The number of thioether (sulfide) groups is 1. The molecular weight excluding hydrogens is 449 g/mol. The van der Waals surface area contributed by atoms with Crippen LogP contribution in [0.25, 0.3) is 28.2 Å². The molecule has 0 saturated carbocycles. The number of halogens is 3. The van der Waals surface area contributed by atoms with E-state index in [1.807, 2.05) is 36.6 Å². The fraction of sp³-hybridized carbons (Fsp3) is 0.0833. The number of nitrogens with two attached hydrogens (primary N) is 1. The molecule has 0 fully saturated rings. The molecule has 0 unspecified atom stereocenters. The van der Waals surface area contributed by atoms with Crippen LogP contribution in [0.5, 0.6) is 0 Å². The Balaban J connectivity index is 1.84. The molecule has 0 saturated heterocycles. The average molecular weight is 469 g/mol. The molecule has 0 aliphatic rings. The Morgan fingerprint density at radius 2 is 1.73 bits per heavy atom. The quantitative estimate of drug-likeness (QED) is 0.123. The van der Waals surface area contributed by atoms with Crippen LogP contribution in [0.1, 0.15) is 11.3 Å². The maximum Gasteiger partial charge on any atom is 0.417 e. The molecule has 3 aromatic carbocycles. The number of oxime groups is 1. The van der Waals surface area contributed by atoms with Crippen molar-refractivity contribution in [2.45, 2.75) is 11.1 Å². The molecule has 168 valence electrons. The van der Waals surface area contributed by atoms with Crippen LogP contribution in [0.2, 0.25) is 0 Å². The van der Waals surface area contributed by atoms with Crippen molar-refractivity contribution < 1.29 is 18.4 Å². The van der Waals surface area contributed by atoms with E-state index in [1.165, 1.54) is 29.0 Å². The van der Waals surface area contributed by atoms with E-state index in [4.69, 9.17) is 10.9 Å². The van der Waals surface area contributed by atoms with Crippen LogP contribution in [-0.2, 0) is 6.18 Å². The molecule has 9 heteroatoms. The second kappa shape index (κ2) is 9.03. The summed E-state index contributed by atoms with van der Waals surface area (Å²) in [6.07, 6.45) is -1.13. The molecule has 0 aliphatic heterocycles. The fourth-order valence-corrected chi connectivity index (χ4v) is 3.94. The zero-order chi connectivity index (χ0) is 23.6. The van der Waals surface area contributed by atoms with Crippen molar-refractivity contribution >= 4 is 17.6 Å². The van der Waals surface area contributed by atoms with Crippen LogP contribution >= 0.6 is 11.8 Å². The van der Waals surface area contributed by atoms with Gasteiger partial charge in [-0.1, -0.05) is 47.6 Å². The first-order valence-electron chi connectivity index (χ1n) is 9.80. The third kappa shape index (κ3) is 4.58. The highest BCUT2D eigenvalue weighted by atomic mass is 32.2. The standard InChI is InChI=1S/C24H19F3N4OS/c1-33-18-6-4-5-16(13-18)15-9-11-17(12-10-15)31-14-21(22(28)30-32)29-23(31)19-7-2-3-8-20(19)24(25,26)27/h2-14,32H,1H3,(H2,28,30). The van der Waals surface area contributed by atoms with Gasteiger partial charge in [0.15, 0.2) is 5.84 Å². The lowest BCUT2D eigenvalue weighted by atomic mass is 10.0. The topological polar surface area (TPSA) is 76.4 Å². The second-order valence-electron chi connectivity index (χ2n) is 7.13. The SMILES string of the molecule is CSc1cccc(-c2ccc(-n3cc(C(N)=NO)nc3-c3ccccc3C(F)(F)F)cc2)c1. The van der Waals surface area contributed by atoms with E-state index in [0.717, 1.165) is 22.1 Å².